The molecule has 0 aromatic rings. The lowest BCUT2D eigenvalue weighted by molar-refractivity contribution is -0.278. The van der Waals surface area contributed by atoms with Crippen LogP contribution in [0, 0.1) is 29.1 Å². The fourth-order valence-electron chi connectivity index (χ4n) is 6.98. The molecule has 0 spiro atoms. The van der Waals surface area contributed by atoms with Crippen molar-refractivity contribution in [1.29, 1.82) is 0 Å². The second-order valence-corrected chi connectivity index (χ2v) is 11.0. The first-order valence-corrected chi connectivity index (χ1v) is 12.4. The van der Waals surface area contributed by atoms with Crippen molar-refractivity contribution in [3.63, 3.8) is 0 Å². The molecule has 4 heteroatoms. The van der Waals surface area contributed by atoms with Crippen LogP contribution in [0.4, 0.5) is 0 Å². The maximum atomic E-state index is 10.2. The Balaban J connectivity index is 1.33. The van der Waals surface area contributed by atoms with Crippen LogP contribution in [0.5, 0.6) is 0 Å². The monoisotopic (exact) mass is 426 g/mol. The van der Waals surface area contributed by atoms with E-state index in [9.17, 15) is 10.2 Å². The molecule has 1 unspecified atom stereocenters. The van der Waals surface area contributed by atoms with Crippen LogP contribution in [0.2, 0.25) is 0 Å². The number of hydrogen-bond donors (Lipinski definition) is 2. The minimum absolute atomic E-state index is 0.0844. The molecule has 4 nitrogen and oxygen atoms in total. The highest BCUT2D eigenvalue weighted by molar-refractivity contribution is 5.38. The Morgan fingerprint density at radius 2 is 2.00 bits per heavy atom. The summed E-state index contributed by atoms with van der Waals surface area (Å²) in [7, 11) is 0. The van der Waals surface area contributed by atoms with Gasteiger partial charge in [-0.25, -0.2) is 0 Å². The summed E-state index contributed by atoms with van der Waals surface area (Å²) in [6.45, 7) is 8.92. The molecule has 0 aromatic heterocycles. The lowest BCUT2D eigenvalue weighted by Crippen LogP contribution is -2.39. The Kier molecular flexibility index (Phi) is 5.69. The quantitative estimate of drug-likeness (QED) is 0.592. The van der Waals surface area contributed by atoms with Crippen LogP contribution < -0.4 is 0 Å². The minimum atomic E-state index is -0.621. The van der Waals surface area contributed by atoms with Crippen molar-refractivity contribution in [3.8, 4) is 0 Å². The van der Waals surface area contributed by atoms with Crippen LogP contribution in [0.25, 0.3) is 0 Å². The van der Waals surface area contributed by atoms with E-state index in [1.54, 1.807) is 0 Å². The highest BCUT2D eigenvalue weighted by Crippen LogP contribution is 2.60. The Bertz CT molecular complexity index is 819. The molecule has 4 fully saturated rings. The van der Waals surface area contributed by atoms with Crippen molar-refractivity contribution in [3.05, 3.63) is 47.3 Å². The second-order valence-electron chi connectivity index (χ2n) is 11.0. The van der Waals surface area contributed by atoms with E-state index >= 15 is 0 Å². The number of allylic oxidation sites excluding steroid dienone is 4. The van der Waals surface area contributed by atoms with Gasteiger partial charge in [-0.1, -0.05) is 38.2 Å². The summed E-state index contributed by atoms with van der Waals surface area (Å²) in [6.07, 6.45) is 15.3. The van der Waals surface area contributed by atoms with Crippen LogP contribution >= 0.6 is 0 Å². The maximum absolute atomic E-state index is 10.2. The standard InChI is InChI=1S/C27H38O4/c1-16-20(13-21(28)14-24(16)29)9-6-18-5-4-12-27(3)22(10-11-23(18)27)17(2)25-15-26(31-30-25)19-7-8-19/h6,9,15,17,19,21-25,28-29H,1,4-5,7-8,10-14H2,2-3H3/t17-,21+,22+,23?,24-,25+,27+/m0/s1. The third-order valence-corrected chi connectivity index (χ3v) is 9.02. The molecule has 0 radical (unpaired) electrons. The molecule has 1 heterocycles. The zero-order valence-corrected chi connectivity index (χ0v) is 19.1. The van der Waals surface area contributed by atoms with Gasteiger partial charge in [0.15, 0.2) is 0 Å². The summed E-state index contributed by atoms with van der Waals surface area (Å²) in [6, 6.07) is 0. The molecule has 0 amide bonds. The van der Waals surface area contributed by atoms with Gasteiger partial charge in [-0.05, 0) is 91.8 Å². The van der Waals surface area contributed by atoms with E-state index in [0.717, 1.165) is 23.3 Å². The van der Waals surface area contributed by atoms with E-state index in [-0.39, 0.29) is 6.10 Å². The fourth-order valence-corrected chi connectivity index (χ4v) is 6.98. The molecule has 170 valence electrons. The van der Waals surface area contributed by atoms with Gasteiger partial charge in [0.2, 0.25) is 0 Å². The van der Waals surface area contributed by atoms with Crippen LogP contribution in [0.3, 0.4) is 0 Å². The zero-order valence-electron chi connectivity index (χ0n) is 19.1. The van der Waals surface area contributed by atoms with Crippen LogP contribution in [0.15, 0.2) is 47.3 Å². The van der Waals surface area contributed by atoms with E-state index < -0.39 is 12.2 Å². The van der Waals surface area contributed by atoms with E-state index in [0.29, 0.717) is 41.9 Å². The molecule has 0 aromatic carbocycles. The van der Waals surface area contributed by atoms with Gasteiger partial charge >= 0.3 is 0 Å². The van der Waals surface area contributed by atoms with Crippen molar-refractivity contribution in [2.45, 2.75) is 89.9 Å². The van der Waals surface area contributed by atoms with E-state index in [1.165, 1.54) is 44.1 Å². The molecule has 0 saturated heterocycles. The van der Waals surface area contributed by atoms with Gasteiger partial charge in [0.05, 0.1) is 12.2 Å². The number of hydrogen-bond acceptors (Lipinski definition) is 4. The average molecular weight is 427 g/mol. The highest BCUT2D eigenvalue weighted by atomic mass is 17.2. The van der Waals surface area contributed by atoms with Crippen molar-refractivity contribution < 1.29 is 20.0 Å². The van der Waals surface area contributed by atoms with Gasteiger partial charge in [-0.2, -0.15) is 4.89 Å². The van der Waals surface area contributed by atoms with Gasteiger partial charge in [0.1, 0.15) is 11.9 Å². The van der Waals surface area contributed by atoms with Gasteiger partial charge in [-0.15, -0.1) is 0 Å². The maximum Gasteiger partial charge on any atom is 0.144 e. The van der Waals surface area contributed by atoms with Crippen molar-refractivity contribution in [2.24, 2.45) is 29.1 Å². The van der Waals surface area contributed by atoms with E-state index in [2.05, 4.69) is 38.7 Å². The summed E-state index contributed by atoms with van der Waals surface area (Å²) in [5.41, 5.74) is 3.61. The topological polar surface area (TPSA) is 58.9 Å². The molecule has 1 aliphatic heterocycles. The van der Waals surface area contributed by atoms with Crippen LogP contribution in [-0.4, -0.2) is 28.5 Å². The van der Waals surface area contributed by atoms with E-state index in [4.69, 9.17) is 9.78 Å². The SMILES string of the molecule is C=C1C(=CC=C2CCC[C@@]3(C)C2CC[C@@H]3[C@H](C)[C@H]2C=C(C3CC3)OO2)C[C@@H](O)C[C@@H]1O. The normalized spacial score (nSPS) is 44.3. The summed E-state index contributed by atoms with van der Waals surface area (Å²) in [5, 5.41) is 20.2. The smallest absolute Gasteiger partial charge is 0.144 e. The molecular weight excluding hydrogens is 388 g/mol. The van der Waals surface area contributed by atoms with Crippen molar-refractivity contribution in [2.75, 3.05) is 0 Å². The molecule has 0 bridgehead atoms. The predicted molar refractivity (Wildman–Crippen MR) is 121 cm³/mol. The lowest BCUT2D eigenvalue weighted by Gasteiger charge is -2.44. The molecule has 2 N–H and O–H groups in total. The van der Waals surface area contributed by atoms with Crippen molar-refractivity contribution >= 4 is 0 Å². The van der Waals surface area contributed by atoms with Gasteiger partial charge in [0, 0.05) is 12.3 Å². The Labute approximate surface area is 186 Å². The van der Waals surface area contributed by atoms with Crippen LogP contribution in [-0.2, 0) is 9.78 Å². The third kappa shape index (κ3) is 3.96. The number of aliphatic hydroxyl groups is 2. The first-order chi connectivity index (χ1) is 14.9. The Morgan fingerprint density at radius 3 is 2.77 bits per heavy atom. The molecular formula is C27H38O4. The number of rotatable bonds is 4. The average Bonchev–Trinajstić information content (AvgIpc) is 3.35. The summed E-state index contributed by atoms with van der Waals surface area (Å²) in [5.74, 6) is 3.36. The highest BCUT2D eigenvalue weighted by Gasteiger charge is 2.52. The lowest BCUT2D eigenvalue weighted by atomic mass is 9.60. The molecule has 7 atom stereocenters. The second kappa shape index (κ2) is 8.20. The number of fused-ring (bicyclic) bond motifs is 1. The molecule has 4 saturated carbocycles. The summed E-state index contributed by atoms with van der Waals surface area (Å²) < 4.78 is 0. The van der Waals surface area contributed by atoms with Crippen LogP contribution in [0.1, 0.15) is 71.6 Å². The van der Waals surface area contributed by atoms with E-state index in [1.807, 2.05) is 0 Å². The number of aliphatic hydroxyl groups excluding tert-OH is 2. The van der Waals surface area contributed by atoms with Gasteiger partial charge in [-0.3, -0.25) is 0 Å². The molecule has 4 aliphatic carbocycles. The summed E-state index contributed by atoms with van der Waals surface area (Å²) >= 11 is 0. The largest absolute Gasteiger partial charge is 0.393 e. The zero-order chi connectivity index (χ0) is 21.8. The van der Waals surface area contributed by atoms with Gasteiger partial charge in [0.25, 0.3) is 0 Å². The minimum Gasteiger partial charge on any atom is -0.393 e. The molecule has 31 heavy (non-hydrogen) atoms. The Morgan fingerprint density at radius 1 is 1.19 bits per heavy atom. The predicted octanol–water partition coefficient (Wildman–Crippen LogP) is 5.39. The first kappa shape index (κ1) is 21.5. The third-order valence-electron chi connectivity index (χ3n) is 9.02. The first-order valence-electron chi connectivity index (χ1n) is 12.4. The van der Waals surface area contributed by atoms with Crippen molar-refractivity contribution in [1.82, 2.24) is 0 Å². The van der Waals surface area contributed by atoms with Gasteiger partial charge < -0.3 is 15.1 Å². The molecule has 5 aliphatic rings. The fraction of sp³-hybridized carbons (Fsp3) is 0.704. The summed E-state index contributed by atoms with van der Waals surface area (Å²) in [4.78, 5) is 11.4. The molecule has 5 rings (SSSR count). The Hall–Kier alpha value is -1.36.